The highest BCUT2D eigenvalue weighted by molar-refractivity contribution is 5.73. The minimum atomic E-state index is -5.08. The van der Waals surface area contributed by atoms with Crippen molar-refractivity contribution in [2.45, 2.75) is 50.7 Å². The van der Waals surface area contributed by atoms with E-state index in [1.807, 2.05) is 6.20 Å². The second kappa shape index (κ2) is 12.7. The van der Waals surface area contributed by atoms with Crippen LogP contribution in [0, 0.1) is 6.92 Å². The first-order chi connectivity index (χ1) is 18.0. The largest absolute Gasteiger partial charge is 0.497 e. The zero-order valence-electron chi connectivity index (χ0n) is 21.5. The van der Waals surface area contributed by atoms with Crippen LogP contribution in [0.5, 0.6) is 5.75 Å². The topological polar surface area (TPSA) is 108 Å². The zero-order valence-corrected chi connectivity index (χ0v) is 21.5. The van der Waals surface area contributed by atoms with Gasteiger partial charge in [0.15, 0.2) is 0 Å². The Bertz CT molecular complexity index is 1090. The molecule has 15 heteroatoms. The first-order valence-electron chi connectivity index (χ1n) is 11.7. The summed E-state index contributed by atoms with van der Waals surface area (Å²) in [6.45, 7) is 7.59. The molecule has 0 bridgehead atoms. The summed E-state index contributed by atoms with van der Waals surface area (Å²) in [5, 5.41) is 14.2. The van der Waals surface area contributed by atoms with E-state index in [4.69, 9.17) is 29.5 Å². The maximum absolute atomic E-state index is 10.6. The predicted molar refractivity (Wildman–Crippen MR) is 126 cm³/mol. The van der Waals surface area contributed by atoms with Gasteiger partial charge in [0, 0.05) is 44.6 Å². The highest BCUT2D eigenvalue weighted by Gasteiger charge is 2.45. The van der Waals surface area contributed by atoms with E-state index in [9.17, 15) is 26.3 Å². The van der Waals surface area contributed by atoms with Crippen LogP contribution >= 0.6 is 0 Å². The number of hydrogen-bond acceptors (Lipinski definition) is 6. The van der Waals surface area contributed by atoms with Crippen molar-refractivity contribution >= 4 is 11.9 Å². The van der Waals surface area contributed by atoms with Crippen LogP contribution in [-0.4, -0.2) is 87.6 Å². The molecular formula is C24H30F6N4O5. The number of aliphatic carboxylic acids is 2. The SMILES string of the molecule is COc1ccc(CN2CCC3(CC2)c2ncc(C)n2CCN3C)cc1.O=C(O)C(F)(F)F.O=C(O)C(F)(F)F. The first kappa shape index (κ1) is 31.9. The average molecular weight is 569 g/mol. The van der Waals surface area contributed by atoms with Crippen LogP contribution in [-0.2, 0) is 28.2 Å². The van der Waals surface area contributed by atoms with Gasteiger partial charge < -0.3 is 19.5 Å². The second-order valence-electron chi connectivity index (χ2n) is 9.06. The van der Waals surface area contributed by atoms with E-state index in [-0.39, 0.29) is 5.54 Å². The Labute approximate surface area is 220 Å². The van der Waals surface area contributed by atoms with E-state index in [0.717, 1.165) is 51.3 Å². The van der Waals surface area contributed by atoms with E-state index in [1.54, 1.807) is 7.11 Å². The number of methoxy groups -OCH3 is 1. The van der Waals surface area contributed by atoms with Gasteiger partial charge in [0.1, 0.15) is 11.6 Å². The standard InChI is InChI=1S/C20H28N4O.2C2HF3O2/c1-16-14-21-19-20(22(2)12-13-24(16)19)8-10-23(11-9-20)15-17-4-6-18(25-3)7-5-17;2*3-2(4,5)1(6)7/h4-7,14H,8-13,15H2,1-3H3;2*(H,6,7). The number of nitrogens with zero attached hydrogens (tertiary/aromatic N) is 4. The number of ether oxygens (including phenoxy) is 1. The quantitative estimate of drug-likeness (QED) is 0.537. The number of benzene rings is 1. The molecule has 0 aliphatic carbocycles. The van der Waals surface area contributed by atoms with Crippen molar-refractivity contribution in [2.24, 2.45) is 0 Å². The fourth-order valence-electron chi connectivity index (χ4n) is 4.42. The molecule has 1 aromatic heterocycles. The average Bonchev–Trinajstić information content (AvgIpc) is 3.24. The van der Waals surface area contributed by atoms with Crippen LogP contribution in [0.25, 0.3) is 0 Å². The number of likely N-dealkylation sites (tertiary alicyclic amines) is 1. The van der Waals surface area contributed by atoms with E-state index in [2.05, 4.69) is 52.6 Å². The lowest BCUT2D eigenvalue weighted by atomic mass is 9.83. The van der Waals surface area contributed by atoms with Crippen molar-refractivity contribution in [1.82, 2.24) is 19.4 Å². The summed E-state index contributed by atoms with van der Waals surface area (Å²) >= 11 is 0. The molecule has 0 amide bonds. The number of likely N-dealkylation sites (N-methyl/N-ethyl adjacent to an activating group) is 1. The number of hydrogen-bond donors (Lipinski definition) is 2. The van der Waals surface area contributed by atoms with Crippen molar-refractivity contribution in [2.75, 3.05) is 33.8 Å². The van der Waals surface area contributed by atoms with Gasteiger partial charge in [0.25, 0.3) is 0 Å². The number of carbonyl (C=O) groups is 2. The number of fused-ring (bicyclic) bond motifs is 2. The first-order valence-corrected chi connectivity index (χ1v) is 11.7. The van der Waals surface area contributed by atoms with Crippen LogP contribution in [0.3, 0.4) is 0 Å². The summed E-state index contributed by atoms with van der Waals surface area (Å²) in [5.41, 5.74) is 2.76. The summed E-state index contributed by atoms with van der Waals surface area (Å²) in [5.74, 6) is -3.31. The van der Waals surface area contributed by atoms with Crippen molar-refractivity contribution in [3.8, 4) is 5.75 Å². The Kier molecular flexibility index (Phi) is 10.4. The van der Waals surface area contributed by atoms with Crippen molar-refractivity contribution < 1.29 is 50.9 Å². The number of aryl methyl sites for hydroxylation is 1. The third kappa shape index (κ3) is 8.33. The highest BCUT2D eigenvalue weighted by atomic mass is 19.4. The highest BCUT2D eigenvalue weighted by Crippen LogP contribution is 2.40. The summed E-state index contributed by atoms with van der Waals surface area (Å²) in [4.78, 5) is 27.7. The maximum atomic E-state index is 10.6. The van der Waals surface area contributed by atoms with E-state index >= 15 is 0 Å². The maximum Gasteiger partial charge on any atom is 0.490 e. The fraction of sp³-hybridized carbons (Fsp3) is 0.542. The van der Waals surface area contributed by atoms with Crippen molar-refractivity contribution in [3.63, 3.8) is 0 Å². The Hall–Kier alpha value is -3.33. The predicted octanol–water partition coefficient (Wildman–Crippen LogP) is 3.90. The molecular weight excluding hydrogens is 538 g/mol. The molecule has 2 N–H and O–H groups in total. The molecule has 3 heterocycles. The van der Waals surface area contributed by atoms with Gasteiger partial charge in [-0.3, -0.25) is 9.80 Å². The Morgan fingerprint density at radius 2 is 1.44 bits per heavy atom. The lowest BCUT2D eigenvalue weighted by Gasteiger charge is -2.49. The normalized spacial score (nSPS) is 17.3. The minimum Gasteiger partial charge on any atom is -0.497 e. The van der Waals surface area contributed by atoms with Gasteiger partial charge in [-0.15, -0.1) is 0 Å². The van der Waals surface area contributed by atoms with Gasteiger partial charge in [-0.05, 0) is 44.5 Å². The van der Waals surface area contributed by atoms with Crippen molar-refractivity contribution in [1.29, 1.82) is 0 Å². The molecule has 218 valence electrons. The molecule has 0 unspecified atom stereocenters. The van der Waals surface area contributed by atoms with Crippen molar-refractivity contribution in [3.05, 3.63) is 47.5 Å². The number of aromatic nitrogens is 2. The lowest BCUT2D eigenvalue weighted by molar-refractivity contribution is -0.193. The van der Waals surface area contributed by atoms with E-state index in [0.29, 0.717) is 0 Å². The third-order valence-electron chi connectivity index (χ3n) is 6.59. The smallest absolute Gasteiger partial charge is 0.490 e. The number of carboxylic acids is 2. The van der Waals surface area contributed by atoms with Gasteiger partial charge in [-0.1, -0.05) is 12.1 Å². The molecule has 1 spiro atoms. The molecule has 2 aliphatic heterocycles. The molecule has 39 heavy (non-hydrogen) atoms. The number of imidazole rings is 1. The monoisotopic (exact) mass is 568 g/mol. The molecule has 0 saturated carbocycles. The lowest BCUT2D eigenvalue weighted by Crippen LogP contribution is -2.56. The number of alkyl halides is 6. The van der Waals surface area contributed by atoms with Crippen LogP contribution in [0.15, 0.2) is 30.5 Å². The number of carboxylic acid groups (broad SMARTS) is 2. The molecule has 9 nitrogen and oxygen atoms in total. The van der Waals surface area contributed by atoms with Gasteiger partial charge in [-0.2, -0.15) is 26.3 Å². The van der Waals surface area contributed by atoms with Crippen LogP contribution in [0.4, 0.5) is 26.3 Å². The molecule has 1 fully saturated rings. The molecule has 2 aliphatic rings. The van der Waals surface area contributed by atoms with Gasteiger partial charge >= 0.3 is 24.3 Å². The Morgan fingerprint density at radius 1 is 0.949 bits per heavy atom. The van der Waals surface area contributed by atoms with Crippen LogP contribution in [0.2, 0.25) is 0 Å². The molecule has 4 rings (SSSR count). The summed E-state index contributed by atoms with van der Waals surface area (Å²) in [7, 11) is 3.98. The molecule has 1 saturated heterocycles. The molecule has 1 aromatic carbocycles. The number of rotatable bonds is 3. The van der Waals surface area contributed by atoms with Gasteiger partial charge in [-0.25, -0.2) is 14.6 Å². The van der Waals surface area contributed by atoms with E-state index in [1.165, 1.54) is 17.1 Å². The molecule has 2 aromatic rings. The number of halogens is 6. The molecule has 0 radical (unpaired) electrons. The number of piperidine rings is 1. The Balaban J connectivity index is 0.000000317. The van der Waals surface area contributed by atoms with Gasteiger partial charge in [0.2, 0.25) is 0 Å². The zero-order chi connectivity index (χ0) is 29.6. The second-order valence-corrected chi connectivity index (χ2v) is 9.06. The molecule has 0 atom stereocenters. The summed E-state index contributed by atoms with van der Waals surface area (Å²) in [6.07, 6.45) is -5.83. The fourth-order valence-corrected chi connectivity index (χ4v) is 4.42. The van der Waals surface area contributed by atoms with Crippen LogP contribution in [0.1, 0.15) is 29.9 Å². The van der Waals surface area contributed by atoms with Gasteiger partial charge in [0.05, 0.1) is 12.6 Å². The van der Waals surface area contributed by atoms with E-state index < -0.39 is 24.3 Å². The summed E-state index contributed by atoms with van der Waals surface area (Å²) < 4.78 is 71.2. The third-order valence-corrected chi connectivity index (χ3v) is 6.59. The van der Waals surface area contributed by atoms with Crippen LogP contribution < -0.4 is 4.74 Å². The Morgan fingerprint density at radius 3 is 1.87 bits per heavy atom. The summed E-state index contributed by atoms with van der Waals surface area (Å²) in [6, 6.07) is 8.45. The minimum absolute atomic E-state index is 0.114.